The fourth-order valence-electron chi connectivity index (χ4n) is 2.69. The Labute approximate surface area is 119 Å². The molecule has 0 aromatic carbocycles. The average Bonchev–Trinajstić information content (AvgIpc) is 2.91. The van der Waals surface area contributed by atoms with Gasteiger partial charge in [-0.1, -0.05) is 13.8 Å². The second-order valence-corrected chi connectivity index (χ2v) is 5.26. The Kier molecular flexibility index (Phi) is 4.94. The van der Waals surface area contributed by atoms with Gasteiger partial charge in [-0.05, 0) is 31.8 Å². The van der Waals surface area contributed by atoms with Gasteiger partial charge in [0.2, 0.25) is 11.8 Å². The zero-order valence-corrected chi connectivity index (χ0v) is 12.3. The first kappa shape index (κ1) is 14.8. The van der Waals surface area contributed by atoms with E-state index in [2.05, 4.69) is 33.9 Å². The fraction of sp³-hybridized carbons (Fsp3) is 0.769. The second-order valence-electron chi connectivity index (χ2n) is 5.26. The van der Waals surface area contributed by atoms with Crippen LogP contribution in [0, 0.1) is 5.92 Å². The van der Waals surface area contributed by atoms with Gasteiger partial charge in [0.05, 0.1) is 0 Å². The topological polar surface area (TPSA) is 91.1 Å². The number of likely N-dealkylation sites (tertiary alicyclic amines) is 1. The highest BCUT2D eigenvalue weighted by molar-refractivity contribution is 5.90. The van der Waals surface area contributed by atoms with Crippen LogP contribution in [-0.4, -0.2) is 63.6 Å². The van der Waals surface area contributed by atoms with Crippen LogP contribution in [0.2, 0.25) is 0 Å². The Balaban J connectivity index is 1.83. The smallest absolute Gasteiger partial charge is 0.291 e. The zero-order valence-electron chi connectivity index (χ0n) is 12.3. The molecule has 1 amide bonds. The Bertz CT molecular complexity index is 434. The summed E-state index contributed by atoms with van der Waals surface area (Å²) in [5, 5.41) is 6.28. The number of amides is 1. The number of H-pyrrole nitrogens is 1. The maximum atomic E-state index is 12.2. The Hall–Kier alpha value is -1.63. The first-order valence-electron chi connectivity index (χ1n) is 7.33. The number of aromatic amines is 1. The van der Waals surface area contributed by atoms with Crippen molar-refractivity contribution in [3.63, 3.8) is 0 Å². The molecule has 3 N–H and O–H groups in total. The van der Waals surface area contributed by atoms with Crippen molar-refractivity contribution in [1.29, 1.82) is 0 Å². The first-order valence-corrected chi connectivity index (χ1v) is 7.33. The number of nitrogens with zero attached hydrogens (tertiary/aromatic N) is 4. The van der Waals surface area contributed by atoms with Crippen LogP contribution in [0.4, 0.5) is 5.95 Å². The molecule has 1 saturated heterocycles. The number of hydrogen-bond acceptors (Lipinski definition) is 5. The lowest BCUT2D eigenvalue weighted by Crippen LogP contribution is -2.42. The fourth-order valence-corrected chi connectivity index (χ4v) is 2.69. The molecular weight excluding hydrogens is 256 g/mol. The van der Waals surface area contributed by atoms with Gasteiger partial charge in [-0.2, -0.15) is 4.98 Å². The number of nitrogens with one attached hydrogen (secondary N) is 1. The van der Waals surface area contributed by atoms with Crippen LogP contribution in [0.15, 0.2) is 0 Å². The molecule has 1 fully saturated rings. The molecule has 1 aliphatic rings. The molecule has 0 saturated carbocycles. The normalized spacial score (nSPS) is 16.9. The van der Waals surface area contributed by atoms with Gasteiger partial charge in [-0.15, -0.1) is 5.10 Å². The largest absolute Gasteiger partial charge is 0.366 e. The first-order chi connectivity index (χ1) is 9.63. The molecule has 2 heterocycles. The third-order valence-corrected chi connectivity index (χ3v) is 4.02. The second kappa shape index (κ2) is 6.69. The lowest BCUT2D eigenvalue weighted by atomic mass is 9.96. The molecular formula is C13H24N6O. The summed E-state index contributed by atoms with van der Waals surface area (Å²) in [6, 6.07) is 0. The van der Waals surface area contributed by atoms with E-state index >= 15 is 0 Å². The summed E-state index contributed by atoms with van der Waals surface area (Å²) in [5.74, 6) is 0.934. The Morgan fingerprint density at radius 3 is 2.55 bits per heavy atom. The molecule has 1 aromatic heterocycles. The van der Waals surface area contributed by atoms with Gasteiger partial charge in [-0.25, -0.2) is 0 Å². The van der Waals surface area contributed by atoms with Crippen LogP contribution in [0.3, 0.4) is 0 Å². The van der Waals surface area contributed by atoms with E-state index in [-0.39, 0.29) is 17.7 Å². The van der Waals surface area contributed by atoms with Crippen LogP contribution < -0.4 is 5.73 Å². The lowest BCUT2D eigenvalue weighted by Gasteiger charge is -2.34. The highest BCUT2D eigenvalue weighted by atomic mass is 16.2. The van der Waals surface area contributed by atoms with Crippen LogP contribution >= 0.6 is 0 Å². The van der Waals surface area contributed by atoms with Gasteiger partial charge >= 0.3 is 0 Å². The zero-order chi connectivity index (χ0) is 14.5. The van der Waals surface area contributed by atoms with E-state index in [4.69, 9.17) is 5.73 Å². The summed E-state index contributed by atoms with van der Waals surface area (Å²) < 4.78 is 0. The van der Waals surface area contributed by atoms with Gasteiger partial charge in [0, 0.05) is 19.6 Å². The van der Waals surface area contributed by atoms with E-state index in [1.165, 1.54) is 0 Å². The minimum absolute atomic E-state index is 0.101. The number of piperidine rings is 1. The van der Waals surface area contributed by atoms with Gasteiger partial charge in [0.15, 0.2) is 0 Å². The number of aromatic nitrogens is 3. The monoisotopic (exact) mass is 280 g/mol. The standard InChI is InChI=1S/C13H24N6O/c1-3-18(4-2)9-10-5-7-19(8-6-10)12(20)11-15-13(14)17-16-11/h10H,3-9H2,1-2H3,(H3,14,15,16,17). The van der Waals surface area contributed by atoms with E-state index < -0.39 is 0 Å². The quantitative estimate of drug-likeness (QED) is 0.823. The molecule has 0 spiro atoms. The minimum atomic E-state index is -0.101. The van der Waals surface area contributed by atoms with Crippen LogP contribution in [0.1, 0.15) is 37.3 Å². The summed E-state index contributed by atoms with van der Waals surface area (Å²) in [7, 11) is 0. The van der Waals surface area contributed by atoms with E-state index in [9.17, 15) is 4.79 Å². The summed E-state index contributed by atoms with van der Waals surface area (Å²) in [6.45, 7) is 9.26. The highest BCUT2D eigenvalue weighted by Gasteiger charge is 2.26. The molecule has 1 aliphatic heterocycles. The van der Waals surface area contributed by atoms with Crippen LogP contribution in [0.25, 0.3) is 0 Å². The molecule has 7 heteroatoms. The summed E-state index contributed by atoms with van der Waals surface area (Å²) in [5.41, 5.74) is 5.42. The number of hydrogen-bond donors (Lipinski definition) is 2. The predicted molar refractivity (Wildman–Crippen MR) is 77.2 cm³/mol. The molecule has 2 rings (SSSR count). The van der Waals surface area contributed by atoms with E-state index in [0.717, 1.165) is 45.6 Å². The summed E-state index contributed by atoms with van der Waals surface area (Å²) >= 11 is 0. The molecule has 1 aromatic rings. The lowest BCUT2D eigenvalue weighted by molar-refractivity contribution is 0.0658. The van der Waals surface area contributed by atoms with Crippen molar-refractivity contribution in [2.75, 3.05) is 38.5 Å². The number of nitrogens with two attached hydrogens (primary N) is 1. The third kappa shape index (κ3) is 3.47. The van der Waals surface area contributed by atoms with Crippen molar-refractivity contribution < 1.29 is 4.79 Å². The maximum absolute atomic E-state index is 12.2. The van der Waals surface area contributed by atoms with Crippen molar-refractivity contribution >= 4 is 11.9 Å². The van der Waals surface area contributed by atoms with E-state index in [1.54, 1.807) is 0 Å². The molecule has 0 radical (unpaired) electrons. The Morgan fingerprint density at radius 2 is 2.05 bits per heavy atom. The summed E-state index contributed by atoms with van der Waals surface area (Å²) in [4.78, 5) is 20.3. The van der Waals surface area contributed by atoms with Crippen molar-refractivity contribution in [2.45, 2.75) is 26.7 Å². The van der Waals surface area contributed by atoms with Gasteiger partial charge in [0.1, 0.15) is 0 Å². The SMILES string of the molecule is CCN(CC)CC1CCN(C(=O)c2nc(N)n[nH]2)CC1. The number of anilines is 1. The summed E-state index contributed by atoms with van der Waals surface area (Å²) in [6.07, 6.45) is 2.09. The molecule has 7 nitrogen and oxygen atoms in total. The third-order valence-electron chi connectivity index (χ3n) is 4.02. The van der Waals surface area contributed by atoms with Crippen LogP contribution in [0.5, 0.6) is 0 Å². The highest BCUT2D eigenvalue weighted by Crippen LogP contribution is 2.19. The van der Waals surface area contributed by atoms with Crippen molar-refractivity contribution in [3.05, 3.63) is 5.82 Å². The number of rotatable bonds is 5. The average molecular weight is 280 g/mol. The maximum Gasteiger partial charge on any atom is 0.291 e. The van der Waals surface area contributed by atoms with Crippen molar-refractivity contribution in [1.82, 2.24) is 25.0 Å². The van der Waals surface area contributed by atoms with Gasteiger partial charge < -0.3 is 15.5 Å². The number of carbonyl (C=O) groups is 1. The van der Waals surface area contributed by atoms with Gasteiger partial charge in [-0.3, -0.25) is 9.89 Å². The molecule has 112 valence electrons. The number of carbonyl (C=O) groups excluding carboxylic acids is 1. The van der Waals surface area contributed by atoms with Crippen molar-refractivity contribution in [3.8, 4) is 0 Å². The molecule has 20 heavy (non-hydrogen) atoms. The number of nitrogen functional groups attached to an aromatic ring is 1. The molecule has 0 atom stereocenters. The van der Waals surface area contributed by atoms with Gasteiger partial charge in [0.25, 0.3) is 5.91 Å². The minimum Gasteiger partial charge on any atom is -0.366 e. The molecule has 0 unspecified atom stereocenters. The molecule has 0 aliphatic carbocycles. The van der Waals surface area contributed by atoms with Crippen LogP contribution in [-0.2, 0) is 0 Å². The predicted octanol–water partition coefficient (Wildman–Crippen LogP) is 0.581. The van der Waals surface area contributed by atoms with Crippen molar-refractivity contribution in [2.24, 2.45) is 5.92 Å². The van der Waals surface area contributed by atoms with E-state index in [0.29, 0.717) is 5.92 Å². The Morgan fingerprint density at radius 1 is 1.40 bits per heavy atom. The molecule has 0 bridgehead atoms. The van der Waals surface area contributed by atoms with E-state index in [1.807, 2.05) is 4.90 Å².